The first-order valence-corrected chi connectivity index (χ1v) is 11.8. The van der Waals surface area contributed by atoms with Gasteiger partial charge in [-0.3, -0.25) is 9.59 Å². The molecule has 2 unspecified atom stereocenters. The maximum Gasteiger partial charge on any atom is 0.306 e. The Labute approximate surface area is 183 Å². The maximum atomic E-state index is 12.0. The van der Waals surface area contributed by atoms with Crippen molar-refractivity contribution >= 4 is 17.7 Å². The number of unbranched alkanes of at least 4 members (excludes halogenated alkanes) is 9. The molecule has 0 aliphatic rings. The van der Waals surface area contributed by atoms with E-state index in [0.29, 0.717) is 19.3 Å². The molecule has 2 atom stereocenters. The van der Waals surface area contributed by atoms with Gasteiger partial charge >= 0.3 is 11.9 Å². The van der Waals surface area contributed by atoms with Gasteiger partial charge in [-0.2, -0.15) is 0 Å². The summed E-state index contributed by atoms with van der Waals surface area (Å²) in [5.41, 5.74) is 0. The average Bonchev–Trinajstić information content (AvgIpc) is 2.72. The molecule has 0 radical (unpaired) electrons. The number of methoxy groups -OCH3 is 1. The van der Waals surface area contributed by atoms with E-state index in [1.54, 1.807) is 0 Å². The maximum absolute atomic E-state index is 12.0. The monoisotopic (exact) mass is 428 g/mol. The summed E-state index contributed by atoms with van der Waals surface area (Å²) in [6, 6.07) is 0. The van der Waals surface area contributed by atoms with E-state index in [4.69, 9.17) is 4.74 Å². The molecule has 0 rings (SSSR count). The number of carbonyl (C=O) groups excluding carboxylic acids is 3. The Morgan fingerprint density at radius 2 is 1.30 bits per heavy atom. The third-order valence-electron chi connectivity index (χ3n) is 5.34. The van der Waals surface area contributed by atoms with Crippen LogP contribution in [0, 0.1) is 0 Å². The zero-order valence-electron chi connectivity index (χ0n) is 19.5. The highest BCUT2D eigenvalue weighted by atomic mass is 16.6. The van der Waals surface area contributed by atoms with E-state index >= 15 is 0 Å². The predicted octanol–water partition coefficient (Wildman–Crippen LogP) is 5.28. The Morgan fingerprint density at radius 1 is 0.733 bits per heavy atom. The van der Waals surface area contributed by atoms with Crippen LogP contribution in [0.15, 0.2) is 0 Å². The number of aliphatic hydroxyl groups excluding tert-OH is 1. The van der Waals surface area contributed by atoms with Crippen molar-refractivity contribution in [1.29, 1.82) is 0 Å². The van der Waals surface area contributed by atoms with E-state index in [1.807, 2.05) is 0 Å². The van der Waals surface area contributed by atoms with E-state index in [9.17, 15) is 19.5 Å². The van der Waals surface area contributed by atoms with Gasteiger partial charge in [-0.15, -0.1) is 0 Å². The molecule has 176 valence electrons. The number of hydrogen-bond acceptors (Lipinski definition) is 6. The minimum Gasteiger partial charge on any atom is -0.469 e. The second-order valence-corrected chi connectivity index (χ2v) is 8.24. The Morgan fingerprint density at radius 3 is 1.90 bits per heavy atom. The average molecular weight is 429 g/mol. The third-order valence-corrected chi connectivity index (χ3v) is 5.34. The molecule has 6 heteroatoms. The molecule has 0 saturated heterocycles. The van der Waals surface area contributed by atoms with Gasteiger partial charge in [-0.1, -0.05) is 64.7 Å². The fourth-order valence-electron chi connectivity index (χ4n) is 3.40. The fraction of sp³-hybridized carbons (Fsp3) is 0.875. The summed E-state index contributed by atoms with van der Waals surface area (Å²) in [4.78, 5) is 34.2. The lowest BCUT2D eigenvalue weighted by atomic mass is 9.99. The second kappa shape index (κ2) is 19.5. The van der Waals surface area contributed by atoms with E-state index in [0.717, 1.165) is 44.9 Å². The van der Waals surface area contributed by atoms with Gasteiger partial charge in [0.05, 0.1) is 19.6 Å². The van der Waals surface area contributed by atoms with Gasteiger partial charge in [0.25, 0.3) is 0 Å². The zero-order valence-corrected chi connectivity index (χ0v) is 19.5. The molecule has 0 bridgehead atoms. The van der Waals surface area contributed by atoms with Crippen LogP contribution in [0.2, 0.25) is 0 Å². The lowest BCUT2D eigenvalue weighted by Crippen LogP contribution is -2.31. The van der Waals surface area contributed by atoms with Crippen LogP contribution in [-0.2, 0) is 23.9 Å². The van der Waals surface area contributed by atoms with Gasteiger partial charge in [-0.25, -0.2) is 0 Å². The molecule has 0 amide bonds. The number of carbonyl (C=O) groups is 3. The van der Waals surface area contributed by atoms with Crippen molar-refractivity contribution in [2.75, 3.05) is 7.11 Å². The molecular formula is C24H44O6. The molecule has 1 N–H and O–H groups in total. The molecular weight excluding hydrogens is 384 g/mol. The minimum absolute atomic E-state index is 0.0388. The van der Waals surface area contributed by atoms with Crippen LogP contribution in [0.3, 0.4) is 0 Å². The fourth-order valence-corrected chi connectivity index (χ4v) is 3.40. The van der Waals surface area contributed by atoms with Gasteiger partial charge in [0.2, 0.25) is 0 Å². The first-order valence-electron chi connectivity index (χ1n) is 11.8. The van der Waals surface area contributed by atoms with Crippen molar-refractivity contribution in [2.45, 2.75) is 129 Å². The molecule has 0 fully saturated rings. The molecule has 0 aromatic carbocycles. The van der Waals surface area contributed by atoms with Crippen molar-refractivity contribution < 1.29 is 29.0 Å². The van der Waals surface area contributed by atoms with Crippen molar-refractivity contribution in [3.63, 3.8) is 0 Å². The van der Waals surface area contributed by atoms with Crippen LogP contribution in [0.5, 0.6) is 0 Å². The number of hydrogen-bond donors (Lipinski definition) is 1. The Kier molecular flexibility index (Phi) is 18.6. The molecule has 0 aromatic rings. The topological polar surface area (TPSA) is 89.9 Å². The van der Waals surface area contributed by atoms with E-state index < -0.39 is 18.2 Å². The van der Waals surface area contributed by atoms with Crippen LogP contribution in [0.4, 0.5) is 0 Å². The Balaban J connectivity index is 4.27. The van der Waals surface area contributed by atoms with Crippen molar-refractivity contribution in [3.05, 3.63) is 0 Å². The van der Waals surface area contributed by atoms with Gasteiger partial charge < -0.3 is 19.4 Å². The van der Waals surface area contributed by atoms with E-state index in [1.165, 1.54) is 39.7 Å². The number of Topliss-reactive ketones (excluding diaryl/α,β-unsaturated/α-hetero) is 1. The van der Waals surface area contributed by atoms with Gasteiger partial charge in [-0.05, 0) is 32.6 Å². The quantitative estimate of drug-likeness (QED) is 0.209. The van der Waals surface area contributed by atoms with Crippen LogP contribution in [0.25, 0.3) is 0 Å². The van der Waals surface area contributed by atoms with Crippen LogP contribution in [-0.4, -0.2) is 42.1 Å². The summed E-state index contributed by atoms with van der Waals surface area (Å²) in [6.45, 7) is 3.65. The molecule has 6 nitrogen and oxygen atoms in total. The third kappa shape index (κ3) is 17.4. The Hall–Kier alpha value is -1.43. The first kappa shape index (κ1) is 28.6. The summed E-state index contributed by atoms with van der Waals surface area (Å²) in [5, 5.41) is 10.6. The summed E-state index contributed by atoms with van der Waals surface area (Å²) < 4.78 is 10.2. The molecule has 0 aromatic heterocycles. The molecule has 0 heterocycles. The van der Waals surface area contributed by atoms with Crippen LogP contribution >= 0.6 is 0 Å². The zero-order chi connectivity index (χ0) is 22.6. The summed E-state index contributed by atoms with van der Waals surface area (Å²) in [7, 11) is 1.40. The first-order chi connectivity index (χ1) is 14.4. The highest BCUT2D eigenvalue weighted by molar-refractivity contribution is 5.81. The van der Waals surface area contributed by atoms with E-state index in [-0.39, 0.29) is 24.6 Å². The summed E-state index contributed by atoms with van der Waals surface area (Å²) >= 11 is 0. The van der Waals surface area contributed by atoms with Gasteiger partial charge in [0, 0.05) is 12.8 Å². The summed E-state index contributed by atoms with van der Waals surface area (Å²) in [5.74, 6) is -0.622. The van der Waals surface area contributed by atoms with Crippen LogP contribution < -0.4 is 0 Å². The minimum atomic E-state index is -0.656. The molecule has 0 saturated carbocycles. The molecule has 30 heavy (non-hydrogen) atoms. The lowest BCUT2D eigenvalue weighted by molar-refractivity contribution is -0.156. The highest BCUT2D eigenvalue weighted by Crippen LogP contribution is 2.18. The molecule has 0 spiro atoms. The van der Waals surface area contributed by atoms with E-state index in [2.05, 4.69) is 11.7 Å². The van der Waals surface area contributed by atoms with Gasteiger partial charge in [0.15, 0.2) is 0 Å². The predicted molar refractivity (Wildman–Crippen MR) is 118 cm³/mol. The Bertz CT molecular complexity index is 463. The SMILES string of the molecule is CCCCCCCCC(O)C(CCCCCCCC(=O)OC)OC(=O)CCC(C)=O. The lowest BCUT2D eigenvalue weighted by Gasteiger charge is -2.23. The number of esters is 2. The van der Waals surface area contributed by atoms with Gasteiger partial charge in [0.1, 0.15) is 11.9 Å². The number of ketones is 1. The number of aliphatic hydroxyl groups is 1. The highest BCUT2D eigenvalue weighted by Gasteiger charge is 2.23. The molecule has 0 aliphatic heterocycles. The normalized spacial score (nSPS) is 12.9. The molecule has 0 aliphatic carbocycles. The van der Waals surface area contributed by atoms with Crippen molar-refractivity contribution in [1.82, 2.24) is 0 Å². The smallest absolute Gasteiger partial charge is 0.306 e. The largest absolute Gasteiger partial charge is 0.469 e. The summed E-state index contributed by atoms with van der Waals surface area (Å²) in [6.07, 6.45) is 12.3. The number of ether oxygens (including phenoxy) is 2. The van der Waals surface area contributed by atoms with Crippen molar-refractivity contribution in [3.8, 4) is 0 Å². The standard InChI is InChI=1S/C24H44O6/c1-4-5-6-7-9-12-15-21(26)22(30-24(28)19-18-20(2)25)16-13-10-8-11-14-17-23(27)29-3/h21-22,26H,4-19H2,1-3H3. The van der Waals surface area contributed by atoms with Crippen LogP contribution in [0.1, 0.15) is 117 Å². The second-order valence-electron chi connectivity index (χ2n) is 8.24. The number of rotatable bonds is 20. The van der Waals surface area contributed by atoms with Crippen molar-refractivity contribution in [2.24, 2.45) is 0 Å².